The van der Waals surface area contributed by atoms with Gasteiger partial charge in [-0.15, -0.1) is 0 Å². The highest BCUT2D eigenvalue weighted by Gasteiger charge is 2.10. The van der Waals surface area contributed by atoms with Crippen molar-refractivity contribution in [1.82, 2.24) is 0 Å². The SMILES string of the molecule is N=CCC(CCN)=Nc1ccc(-c2ccc(F)c(F)c2)cc1OCCF. The molecule has 3 N–H and O–H groups in total. The molecule has 0 amide bonds. The molecule has 26 heavy (non-hydrogen) atoms. The monoisotopic (exact) mass is 363 g/mol. The van der Waals surface area contributed by atoms with Crippen molar-refractivity contribution in [3.8, 4) is 16.9 Å². The molecule has 0 fully saturated rings. The Bertz CT molecular complexity index is 794. The first-order chi connectivity index (χ1) is 12.6. The molecular formula is C19H20F3N3O. The van der Waals surface area contributed by atoms with Crippen LogP contribution in [0.3, 0.4) is 0 Å². The average Bonchev–Trinajstić information content (AvgIpc) is 2.63. The van der Waals surface area contributed by atoms with E-state index in [1.165, 1.54) is 12.3 Å². The Hall–Kier alpha value is -2.67. The van der Waals surface area contributed by atoms with E-state index in [1.807, 2.05) is 0 Å². The number of nitrogens with one attached hydrogen (secondary N) is 1. The van der Waals surface area contributed by atoms with Crippen molar-refractivity contribution < 1.29 is 17.9 Å². The molecule has 0 saturated carbocycles. The van der Waals surface area contributed by atoms with Crippen LogP contribution in [0, 0.1) is 17.0 Å². The maximum atomic E-state index is 13.5. The quantitative estimate of drug-likeness (QED) is 0.647. The zero-order valence-electron chi connectivity index (χ0n) is 14.1. The topological polar surface area (TPSA) is 71.5 Å². The van der Waals surface area contributed by atoms with Gasteiger partial charge in [0.05, 0.1) is 0 Å². The van der Waals surface area contributed by atoms with E-state index < -0.39 is 18.3 Å². The number of hydrogen-bond acceptors (Lipinski definition) is 4. The lowest BCUT2D eigenvalue weighted by molar-refractivity contribution is 0.274. The predicted octanol–water partition coefficient (Wildman–Crippen LogP) is 4.44. The summed E-state index contributed by atoms with van der Waals surface area (Å²) in [4.78, 5) is 4.46. The maximum absolute atomic E-state index is 13.5. The lowest BCUT2D eigenvalue weighted by atomic mass is 10.0. The van der Waals surface area contributed by atoms with Crippen molar-refractivity contribution in [2.75, 3.05) is 19.8 Å². The summed E-state index contributed by atoms with van der Waals surface area (Å²) in [7, 11) is 0. The summed E-state index contributed by atoms with van der Waals surface area (Å²) in [6, 6.07) is 8.53. The van der Waals surface area contributed by atoms with Gasteiger partial charge in [-0.1, -0.05) is 12.1 Å². The summed E-state index contributed by atoms with van der Waals surface area (Å²) < 4.78 is 44.6. The summed E-state index contributed by atoms with van der Waals surface area (Å²) in [5.41, 5.74) is 7.78. The van der Waals surface area contributed by atoms with Gasteiger partial charge in [0.15, 0.2) is 11.6 Å². The average molecular weight is 363 g/mol. The molecule has 2 aromatic carbocycles. The van der Waals surface area contributed by atoms with Crippen LogP contribution in [0.5, 0.6) is 5.75 Å². The molecule has 0 heterocycles. The zero-order chi connectivity index (χ0) is 18.9. The zero-order valence-corrected chi connectivity index (χ0v) is 14.1. The van der Waals surface area contributed by atoms with E-state index in [9.17, 15) is 13.2 Å². The van der Waals surface area contributed by atoms with Gasteiger partial charge in [0, 0.05) is 18.3 Å². The molecule has 0 unspecified atom stereocenters. The molecular weight excluding hydrogens is 343 g/mol. The third kappa shape index (κ3) is 5.16. The minimum atomic E-state index is -0.952. The van der Waals surface area contributed by atoms with Crippen molar-refractivity contribution in [2.45, 2.75) is 12.8 Å². The fourth-order valence-electron chi connectivity index (χ4n) is 2.38. The summed E-state index contributed by atoms with van der Waals surface area (Å²) >= 11 is 0. The Morgan fingerprint density at radius 1 is 1.12 bits per heavy atom. The Morgan fingerprint density at radius 3 is 2.50 bits per heavy atom. The van der Waals surface area contributed by atoms with Gasteiger partial charge >= 0.3 is 0 Å². The molecule has 7 heteroatoms. The second kappa shape index (κ2) is 9.72. The first kappa shape index (κ1) is 19.7. The smallest absolute Gasteiger partial charge is 0.159 e. The molecule has 0 bridgehead atoms. The van der Waals surface area contributed by atoms with Gasteiger partial charge in [-0.25, -0.2) is 13.2 Å². The molecule has 0 radical (unpaired) electrons. The van der Waals surface area contributed by atoms with Gasteiger partial charge in [0.25, 0.3) is 0 Å². The fourth-order valence-corrected chi connectivity index (χ4v) is 2.38. The summed E-state index contributed by atoms with van der Waals surface area (Å²) in [5, 5.41) is 7.23. The van der Waals surface area contributed by atoms with Crippen molar-refractivity contribution in [3.63, 3.8) is 0 Å². The number of rotatable bonds is 9. The molecule has 4 nitrogen and oxygen atoms in total. The Kier molecular flexibility index (Phi) is 7.35. The number of nitrogens with zero attached hydrogens (tertiary/aromatic N) is 1. The van der Waals surface area contributed by atoms with Crippen LogP contribution in [0.25, 0.3) is 11.1 Å². The molecule has 0 atom stereocenters. The minimum Gasteiger partial charge on any atom is -0.489 e. The third-order valence-corrected chi connectivity index (χ3v) is 3.60. The van der Waals surface area contributed by atoms with Gasteiger partial charge in [-0.05, 0) is 48.4 Å². The first-order valence-electron chi connectivity index (χ1n) is 8.12. The van der Waals surface area contributed by atoms with Crippen molar-refractivity contribution in [3.05, 3.63) is 48.0 Å². The van der Waals surface area contributed by atoms with Gasteiger partial charge in [0.2, 0.25) is 0 Å². The van der Waals surface area contributed by atoms with E-state index >= 15 is 0 Å². The highest BCUT2D eigenvalue weighted by molar-refractivity contribution is 5.96. The van der Waals surface area contributed by atoms with Crippen molar-refractivity contribution >= 4 is 17.6 Å². The molecule has 0 aliphatic rings. The third-order valence-electron chi connectivity index (χ3n) is 3.60. The van der Waals surface area contributed by atoms with Gasteiger partial charge < -0.3 is 15.9 Å². The van der Waals surface area contributed by atoms with Gasteiger partial charge in [-0.2, -0.15) is 0 Å². The number of aliphatic imine (C=N–C) groups is 1. The number of ether oxygens (including phenoxy) is 1. The highest BCUT2D eigenvalue weighted by atomic mass is 19.2. The van der Waals surface area contributed by atoms with Crippen LogP contribution in [0.2, 0.25) is 0 Å². The van der Waals surface area contributed by atoms with Crippen LogP contribution in [0.1, 0.15) is 12.8 Å². The molecule has 0 aromatic heterocycles. The predicted molar refractivity (Wildman–Crippen MR) is 97.4 cm³/mol. The lowest BCUT2D eigenvalue weighted by Gasteiger charge is -2.12. The Morgan fingerprint density at radius 2 is 1.85 bits per heavy atom. The van der Waals surface area contributed by atoms with Crippen molar-refractivity contribution in [2.24, 2.45) is 10.7 Å². The standard InChI is InChI=1S/C19H20F3N3O/c20-7-10-26-19-12-14(13-1-3-16(21)17(22)11-13)2-4-18(19)25-15(5-8-23)6-9-24/h1-4,8,11-12,23H,5-7,9-10,24H2. The number of hydrogen-bond donors (Lipinski definition) is 2. The fraction of sp³-hybridized carbons (Fsp3) is 0.263. The number of halogens is 3. The normalized spacial score (nSPS) is 11.5. The van der Waals surface area contributed by atoms with Gasteiger partial charge in [0.1, 0.15) is 24.7 Å². The second-order valence-corrected chi connectivity index (χ2v) is 5.47. The summed E-state index contributed by atoms with van der Waals surface area (Å²) in [5.74, 6) is -1.56. The Labute approximate surface area is 150 Å². The number of benzene rings is 2. The van der Waals surface area contributed by atoms with E-state index in [-0.39, 0.29) is 6.61 Å². The summed E-state index contributed by atoms with van der Waals surface area (Å²) in [6.07, 6.45) is 2.10. The first-order valence-corrected chi connectivity index (χ1v) is 8.12. The highest BCUT2D eigenvalue weighted by Crippen LogP contribution is 2.34. The van der Waals surface area contributed by atoms with E-state index in [0.717, 1.165) is 12.1 Å². The molecule has 2 rings (SSSR count). The molecule has 0 spiro atoms. The van der Waals surface area contributed by atoms with Crippen LogP contribution in [-0.2, 0) is 0 Å². The van der Waals surface area contributed by atoms with E-state index in [2.05, 4.69) is 4.99 Å². The minimum absolute atomic E-state index is 0.152. The maximum Gasteiger partial charge on any atom is 0.159 e. The van der Waals surface area contributed by atoms with Crippen molar-refractivity contribution in [1.29, 1.82) is 5.41 Å². The van der Waals surface area contributed by atoms with Gasteiger partial charge in [-0.3, -0.25) is 4.99 Å². The second-order valence-electron chi connectivity index (χ2n) is 5.47. The van der Waals surface area contributed by atoms with Crippen LogP contribution < -0.4 is 10.5 Å². The van der Waals surface area contributed by atoms with Crippen LogP contribution in [0.4, 0.5) is 18.9 Å². The lowest BCUT2D eigenvalue weighted by Crippen LogP contribution is -2.08. The molecule has 0 aliphatic carbocycles. The summed E-state index contributed by atoms with van der Waals surface area (Å²) in [6.45, 7) is -0.435. The number of alkyl halides is 1. The molecule has 138 valence electrons. The van der Waals surface area contributed by atoms with E-state index in [4.69, 9.17) is 15.9 Å². The molecule has 0 aliphatic heterocycles. The van der Waals surface area contributed by atoms with E-state index in [0.29, 0.717) is 47.7 Å². The largest absolute Gasteiger partial charge is 0.489 e. The van der Waals surface area contributed by atoms with E-state index in [1.54, 1.807) is 18.2 Å². The Balaban J connectivity index is 2.44. The van der Waals surface area contributed by atoms with Crippen LogP contribution in [0.15, 0.2) is 41.4 Å². The van der Waals surface area contributed by atoms with Crippen LogP contribution in [-0.4, -0.2) is 31.8 Å². The number of nitrogens with two attached hydrogens (primary N) is 1. The van der Waals surface area contributed by atoms with Crippen LogP contribution >= 0.6 is 0 Å². The molecule has 0 saturated heterocycles. The molecule has 2 aromatic rings.